The van der Waals surface area contributed by atoms with E-state index in [0.717, 1.165) is 17.9 Å². The van der Waals surface area contributed by atoms with Crippen LogP contribution in [0.15, 0.2) is 29.3 Å². The van der Waals surface area contributed by atoms with Crippen molar-refractivity contribution < 1.29 is 14.3 Å². The number of benzene rings is 1. The third-order valence-electron chi connectivity index (χ3n) is 3.54. The van der Waals surface area contributed by atoms with E-state index in [1.54, 1.807) is 7.11 Å². The summed E-state index contributed by atoms with van der Waals surface area (Å²) in [6.07, 6.45) is 0. The molecule has 160 valence electrons. The van der Waals surface area contributed by atoms with Crippen LogP contribution in [-0.4, -0.2) is 62.7 Å². The van der Waals surface area contributed by atoms with Gasteiger partial charge in [-0.25, -0.2) is 0 Å². The summed E-state index contributed by atoms with van der Waals surface area (Å²) in [5, 5.41) is 6.15. The van der Waals surface area contributed by atoms with Crippen molar-refractivity contribution in [2.24, 2.45) is 4.99 Å². The van der Waals surface area contributed by atoms with Crippen molar-refractivity contribution in [3.05, 3.63) is 29.8 Å². The van der Waals surface area contributed by atoms with Crippen molar-refractivity contribution >= 4 is 35.8 Å². The molecule has 0 aliphatic heterocycles. The molecular weight excluding hydrogens is 471 g/mol. The van der Waals surface area contributed by atoms with Crippen molar-refractivity contribution in [1.29, 1.82) is 0 Å². The lowest BCUT2D eigenvalue weighted by atomic mass is 10.1. The fraction of sp³-hybridized carbons (Fsp3) is 0.600. The second-order valence-corrected chi connectivity index (χ2v) is 7.25. The molecule has 8 heteroatoms. The summed E-state index contributed by atoms with van der Waals surface area (Å²) in [6, 6.07) is 7.78. The number of halogens is 1. The molecule has 0 saturated carbocycles. The molecule has 0 aliphatic carbocycles. The molecule has 7 nitrogen and oxygen atoms in total. The molecular formula is C20H35IN4O3. The average molecular weight is 506 g/mol. The van der Waals surface area contributed by atoms with Gasteiger partial charge in [0, 0.05) is 24.7 Å². The summed E-state index contributed by atoms with van der Waals surface area (Å²) in [5.41, 5.74) is 0.756. The number of nitrogens with zero attached hydrogens (tertiary/aromatic N) is 2. The maximum Gasteiger partial charge on any atom is 0.240 e. The molecule has 0 radical (unpaired) electrons. The molecule has 28 heavy (non-hydrogen) atoms. The Morgan fingerprint density at radius 2 is 1.93 bits per heavy atom. The Kier molecular flexibility index (Phi) is 12.8. The molecule has 1 aromatic carbocycles. The minimum Gasteiger partial charge on any atom is -0.496 e. The van der Waals surface area contributed by atoms with Crippen molar-refractivity contribution in [1.82, 2.24) is 15.5 Å². The first-order valence-corrected chi connectivity index (χ1v) is 9.27. The van der Waals surface area contributed by atoms with E-state index in [9.17, 15) is 4.79 Å². The normalized spacial score (nSPS) is 11.4. The molecule has 0 fully saturated rings. The summed E-state index contributed by atoms with van der Waals surface area (Å²) in [6.45, 7) is 10.3. The van der Waals surface area contributed by atoms with E-state index in [1.165, 1.54) is 0 Å². The quantitative estimate of drug-likeness (QED) is 0.233. The summed E-state index contributed by atoms with van der Waals surface area (Å²) >= 11 is 0. The fourth-order valence-corrected chi connectivity index (χ4v) is 2.44. The SMILES string of the molecule is CCNC(=NCCOCc1ccccc1OC)N(C)CC(=O)NC(C)(C)C.I. The van der Waals surface area contributed by atoms with Gasteiger partial charge in [0.1, 0.15) is 5.75 Å². The number of nitrogens with one attached hydrogen (secondary N) is 2. The Balaban J connectivity index is 0.00000729. The van der Waals surface area contributed by atoms with Crippen molar-refractivity contribution in [3.8, 4) is 5.75 Å². The number of methoxy groups -OCH3 is 1. The molecule has 0 heterocycles. The predicted molar refractivity (Wildman–Crippen MR) is 125 cm³/mol. The summed E-state index contributed by atoms with van der Waals surface area (Å²) in [5.74, 6) is 1.46. The second-order valence-electron chi connectivity index (χ2n) is 7.25. The molecule has 1 amide bonds. The van der Waals surface area contributed by atoms with E-state index < -0.39 is 0 Å². The van der Waals surface area contributed by atoms with Crippen LogP contribution in [0.1, 0.15) is 33.3 Å². The molecule has 0 atom stereocenters. The number of carbonyl (C=O) groups excluding carboxylic acids is 1. The van der Waals surface area contributed by atoms with E-state index in [-0.39, 0.29) is 42.0 Å². The van der Waals surface area contributed by atoms with Gasteiger partial charge >= 0.3 is 0 Å². The number of carbonyl (C=O) groups is 1. The zero-order chi connectivity index (χ0) is 20.3. The predicted octanol–water partition coefficient (Wildman–Crippen LogP) is 2.64. The Morgan fingerprint density at radius 1 is 1.25 bits per heavy atom. The van der Waals surface area contributed by atoms with Crippen LogP contribution >= 0.6 is 24.0 Å². The number of ether oxygens (including phenoxy) is 2. The van der Waals surface area contributed by atoms with E-state index in [2.05, 4.69) is 15.6 Å². The topological polar surface area (TPSA) is 75.2 Å². The van der Waals surface area contributed by atoms with Crippen molar-refractivity contribution in [2.45, 2.75) is 39.8 Å². The van der Waals surface area contributed by atoms with E-state index in [0.29, 0.717) is 25.7 Å². The fourth-order valence-electron chi connectivity index (χ4n) is 2.44. The molecule has 0 spiro atoms. The lowest BCUT2D eigenvalue weighted by Gasteiger charge is -2.25. The molecule has 0 unspecified atom stereocenters. The maximum atomic E-state index is 12.1. The highest BCUT2D eigenvalue weighted by molar-refractivity contribution is 14.0. The van der Waals surface area contributed by atoms with Crippen molar-refractivity contribution in [2.75, 3.05) is 40.4 Å². The lowest BCUT2D eigenvalue weighted by molar-refractivity contribution is -0.122. The largest absolute Gasteiger partial charge is 0.496 e. The molecule has 1 aromatic rings. The minimum absolute atomic E-state index is 0. The zero-order valence-corrected chi connectivity index (χ0v) is 20.2. The van der Waals surface area contributed by atoms with Gasteiger partial charge < -0.3 is 25.0 Å². The number of hydrogen-bond acceptors (Lipinski definition) is 4. The van der Waals surface area contributed by atoms with Crippen LogP contribution < -0.4 is 15.4 Å². The number of aliphatic imine (C=N–C) groups is 1. The lowest BCUT2D eigenvalue weighted by Crippen LogP contribution is -2.48. The van der Waals surface area contributed by atoms with Crippen molar-refractivity contribution in [3.63, 3.8) is 0 Å². The van der Waals surface area contributed by atoms with E-state index in [1.807, 2.05) is 63.9 Å². The van der Waals surface area contributed by atoms with Crippen LogP contribution in [0.5, 0.6) is 5.75 Å². The summed E-state index contributed by atoms with van der Waals surface area (Å²) in [4.78, 5) is 18.4. The average Bonchev–Trinajstić information content (AvgIpc) is 2.59. The number of hydrogen-bond donors (Lipinski definition) is 2. The van der Waals surface area contributed by atoms with Crippen LogP contribution in [0.25, 0.3) is 0 Å². The molecule has 1 rings (SSSR count). The monoisotopic (exact) mass is 506 g/mol. The van der Waals surface area contributed by atoms with Gasteiger partial charge in [0.2, 0.25) is 5.91 Å². The van der Waals surface area contributed by atoms with Gasteiger partial charge in [0.15, 0.2) is 5.96 Å². The first-order valence-electron chi connectivity index (χ1n) is 9.27. The van der Waals surface area contributed by atoms with Gasteiger partial charge in [-0.05, 0) is 33.8 Å². The number of para-hydroxylation sites is 1. The number of amides is 1. The number of guanidine groups is 1. The maximum absolute atomic E-state index is 12.1. The highest BCUT2D eigenvalue weighted by atomic mass is 127. The van der Waals surface area contributed by atoms with Gasteiger partial charge in [-0.15, -0.1) is 24.0 Å². The van der Waals surface area contributed by atoms with E-state index >= 15 is 0 Å². The standard InChI is InChI=1S/C20H34N4O3.HI/c1-7-21-19(24(5)14-18(25)23-20(2,3)4)22-12-13-27-15-16-10-8-9-11-17(16)26-6;/h8-11H,7,12-15H2,1-6H3,(H,21,22)(H,23,25);1H. The Bertz CT molecular complexity index is 618. The Morgan fingerprint density at radius 3 is 2.54 bits per heavy atom. The van der Waals surface area contributed by atoms with Crippen LogP contribution in [0.2, 0.25) is 0 Å². The molecule has 2 N–H and O–H groups in total. The Hall–Kier alpha value is -1.55. The zero-order valence-electron chi connectivity index (χ0n) is 17.9. The molecule has 0 aliphatic rings. The van der Waals surface area contributed by atoms with Gasteiger partial charge in [-0.2, -0.15) is 0 Å². The van der Waals surface area contributed by atoms with Crippen LogP contribution in [0.4, 0.5) is 0 Å². The molecule has 0 bridgehead atoms. The third-order valence-corrected chi connectivity index (χ3v) is 3.54. The van der Waals surface area contributed by atoms with Gasteiger partial charge in [-0.1, -0.05) is 18.2 Å². The van der Waals surface area contributed by atoms with Crippen LogP contribution in [0, 0.1) is 0 Å². The summed E-state index contributed by atoms with van der Waals surface area (Å²) < 4.78 is 11.0. The smallest absolute Gasteiger partial charge is 0.240 e. The molecule has 0 saturated heterocycles. The van der Waals surface area contributed by atoms with Crippen LogP contribution in [-0.2, 0) is 16.1 Å². The third kappa shape index (κ3) is 10.7. The highest BCUT2D eigenvalue weighted by Gasteiger charge is 2.16. The molecule has 0 aromatic heterocycles. The van der Waals surface area contributed by atoms with Crippen LogP contribution in [0.3, 0.4) is 0 Å². The van der Waals surface area contributed by atoms with Gasteiger partial charge in [-0.3, -0.25) is 9.79 Å². The van der Waals surface area contributed by atoms with E-state index in [4.69, 9.17) is 9.47 Å². The number of likely N-dealkylation sites (N-methyl/N-ethyl adjacent to an activating group) is 1. The number of rotatable bonds is 9. The highest BCUT2D eigenvalue weighted by Crippen LogP contribution is 2.17. The Labute approximate surface area is 186 Å². The van der Waals surface area contributed by atoms with Gasteiger partial charge in [0.25, 0.3) is 0 Å². The minimum atomic E-state index is -0.250. The summed E-state index contributed by atoms with van der Waals surface area (Å²) in [7, 11) is 3.50. The second kappa shape index (κ2) is 13.6. The van der Waals surface area contributed by atoms with Gasteiger partial charge in [0.05, 0.1) is 33.4 Å². The first kappa shape index (κ1) is 26.4. The first-order chi connectivity index (χ1) is 12.8.